The van der Waals surface area contributed by atoms with Crippen molar-refractivity contribution >= 4 is 79.5 Å². The van der Waals surface area contributed by atoms with Crippen molar-refractivity contribution in [2.45, 2.75) is 0 Å². The number of nitrogens with zero attached hydrogens (tertiary/aromatic N) is 4. The second kappa shape index (κ2) is 12.8. The highest BCUT2D eigenvalue weighted by Crippen LogP contribution is 2.25. The van der Waals surface area contributed by atoms with Crippen LogP contribution in [-0.4, -0.2) is 29.5 Å². The molecule has 0 saturated carbocycles. The average Bonchev–Trinajstić information content (AvgIpc) is 3.53. The summed E-state index contributed by atoms with van der Waals surface area (Å²) < 4.78 is 6.93. The number of rotatable bonds is 4. The van der Waals surface area contributed by atoms with Gasteiger partial charge in [0.2, 0.25) is 0 Å². The summed E-state index contributed by atoms with van der Waals surface area (Å²) in [5.74, 6) is 1.52. The number of halogens is 4. The summed E-state index contributed by atoms with van der Waals surface area (Å²) in [5.41, 5.74) is 3.81. The van der Waals surface area contributed by atoms with Gasteiger partial charge in [0, 0.05) is 30.1 Å². The molecule has 0 bridgehead atoms. The maximum Gasteiger partial charge on any atom is 0.200 e. The molecule has 0 spiro atoms. The molecule has 0 aliphatic rings. The second-order valence-electron chi connectivity index (χ2n) is 8.34. The van der Waals surface area contributed by atoms with Crippen molar-refractivity contribution in [1.29, 1.82) is 0 Å². The van der Waals surface area contributed by atoms with E-state index < -0.39 is 0 Å². The summed E-state index contributed by atoms with van der Waals surface area (Å²) in [6.07, 6.45) is 0. The Morgan fingerprint density at radius 3 is 1.18 bits per heavy atom. The predicted octanol–water partition coefficient (Wildman–Crippen LogP) is 10.0. The number of nitrogens with one attached hydrogen (secondary N) is 2. The van der Waals surface area contributed by atoms with Crippen molar-refractivity contribution in [2.75, 3.05) is 0 Å². The summed E-state index contributed by atoms with van der Waals surface area (Å²) >= 11 is 29.3. The van der Waals surface area contributed by atoms with Crippen LogP contribution in [0.15, 0.2) is 106 Å². The number of aromatic amines is 2. The lowest BCUT2D eigenvalue weighted by molar-refractivity contribution is 1.04. The van der Waals surface area contributed by atoms with Gasteiger partial charge >= 0.3 is 0 Å². The molecule has 0 aliphatic heterocycles. The van der Waals surface area contributed by atoms with Crippen LogP contribution in [0.25, 0.3) is 34.2 Å². The Labute approximate surface area is 266 Å². The molecule has 200 valence electrons. The molecule has 0 radical (unpaired) electrons. The van der Waals surface area contributed by atoms with Gasteiger partial charge < -0.3 is 0 Å². The zero-order valence-electron chi connectivity index (χ0n) is 20.4. The predicted molar refractivity (Wildman–Crippen MR) is 174 cm³/mol. The summed E-state index contributed by atoms with van der Waals surface area (Å²) in [6.45, 7) is 0. The van der Waals surface area contributed by atoms with Gasteiger partial charge in [-0.2, -0.15) is 10.2 Å². The van der Waals surface area contributed by atoms with Crippen molar-refractivity contribution in [3.05, 3.63) is 126 Å². The van der Waals surface area contributed by atoms with E-state index in [1.54, 1.807) is 0 Å². The molecule has 6 rings (SSSR count). The van der Waals surface area contributed by atoms with Gasteiger partial charge in [-0.3, -0.25) is 19.3 Å². The SMILES string of the molecule is S=c1[nH]nc(-c2ccc(Cl)cc2)n1-c1ccc(Br)cc1.S=c1[nH]nc(-c2ccc(Cl)cc2)n1-c1ccc(Br)cc1. The van der Waals surface area contributed by atoms with Gasteiger partial charge in [-0.15, -0.1) is 0 Å². The molecule has 2 aromatic heterocycles. The Hall–Kier alpha value is -2.86. The number of aromatic nitrogens is 6. The van der Waals surface area contributed by atoms with Crippen LogP contribution in [0.4, 0.5) is 0 Å². The normalized spacial score (nSPS) is 10.7. The van der Waals surface area contributed by atoms with Gasteiger partial charge in [-0.05, 0) is 121 Å². The Balaban J connectivity index is 0.000000161. The van der Waals surface area contributed by atoms with E-state index in [-0.39, 0.29) is 0 Å². The van der Waals surface area contributed by atoms with E-state index in [1.165, 1.54) is 0 Å². The minimum absolute atomic E-state index is 0.553. The van der Waals surface area contributed by atoms with Crippen LogP contribution in [0.2, 0.25) is 10.0 Å². The third-order valence-corrected chi connectivity index (χ3v) is 7.83. The summed E-state index contributed by atoms with van der Waals surface area (Å²) in [7, 11) is 0. The van der Waals surface area contributed by atoms with E-state index >= 15 is 0 Å². The van der Waals surface area contributed by atoms with Crippen LogP contribution < -0.4 is 0 Å². The van der Waals surface area contributed by atoms with E-state index in [0.29, 0.717) is 19.6 Å². The molecule has 4 aromatic carbocycles. The van der Waals surface area contributed by atoms with Crippen LogP contribution in [0, 0.1) is 9.54 Å². The van der Waals surface area contributed by atoms with Crippen LogP contribution in [0.3, 0.4) is 0 Å². The third-order valence-electron chi connectivity index (χ3n) is 5.72. The van der Waals surface area contributed by atoms with Gasteiger partial charge in [0.25, 0.3) is 0 Å². The molecule has 2 heterocycles. The standard InChI is InChI=1S/2C14H9BrClN3S/c2*15-10-3-7-12(8-4-10)19-13(17-18-14(19)20)9-1-5-11(16)6-2-9/h2*1-8H,(H,18,20). The molecule has 12 heteroatoms. The third kappa shape index (κ3) is 6.54. The molecule has 40 heavy (non-hydrogen) atoms. The molecule has 2 N–H and O–H groups in total. The first-order valence-corrected chi connectivity index (χ1v) is 14.8. The molecule has 6 aromatic rings. The monoisotopic (exact) mass is 730 g/mol. The fourth-order valence-corrected chi connectivity index (χ4v) is 5.09. The maximum absolute atomic E-state index is 5.92. The molecule has 0 atom stereocenters. The average molecular weight is 733 g/mol. The first kappa shape index (κ1) is 28.7. The largest absolute Gasteiger partial charge is 0.268 e. The van der Waals surface area contributed by atoms with Gasteiger partial charge in [-0.1, -0.05) is 55.1 Å². The van der Waals surface area contributed by atoms with Gasteiger partial charge in [0.15, 0.2) is 21.2 Å². The number of benzene rings is 4. The summed E-state index contributed by atoms with van der Waals surface area (Å²) in [5, 5.41) is 15.7. The highest BCUT2D eigenvalue weighted by molar-refractivity contribution is 9.10. The number of H-pyrrole nitrogens is 2. The van der Waals surface area contributed by atoms with E-state index in [4.69, 9.17) is 47.6 Å². The topological polar surface area (TPSA) is 67.2 Å². The van der Waals surface area contributed by atoms with Crippen molar-refractivity contribution in [1.82, 2.24) is 29.5 Å². The molecular weight excluding hydrogens is 715 g/mol. The molecule has 0 saturated heterocycles. The Kier molecular flexibility index (Phi) is 9.14. The van der Waals surface area contributed by atoms with E-state index in [0.717, 1.165) is 43.1 Å². The van der Waals surface area contributed by atoms with Gasteiger partial charge in [-0.25, -0.2) is 0 Å². The van der Waals surface area contributed by atoms with Crippen LogP contribution in [-0.2, 0) is 0 Å². The quantitative estimate of drug-likeness (QED) is 0.177. The van der Waals surface area contributed by atoms with E-state index in [9.17, 15) is 0 Å². The highest BCUT2D eigenvalue weighted by Gasteiger charge is 2.12. The Morgan fingerprint density at radius 1 is 0.525 bits per heavy atom. The first-order chi connectivity index (χ1) is 19.3. The van der Waals surface area contributed by atoms with Crippen LogP contribution in [0.1, 0.15) is 0 Å². The lowest BCUT2D eigenvalue weighted by Crippen LogP contribution is -1.97. The minimum atomic E-state index is 0.553. The first-order valence-electron chi connectivity index (χ1n) is 11.7. The van der Waals surface area contributed by atoms with Crippen LogP contribution in [0.5, 0.6) is 0 Å². The van der Waals surface area contributed by atoms with Gasteiger partial charge in [0.05, 0.1) is 11.4 Å². The van der Waals surface area contributed by atoms with Gasteiger partial charge in [0.1, 0.15) is 0 Å². The molecule has 0 fully saturated rings. The smallest absolute Gasteiger partial charge is 0.200 e. The fourth-order valence-electron chi connectivity index (χ4n) is 3.84. The highest BCUT2D eigenvalue weighted by atomic mass is 79.9. The minimum Gasteiger partial charge on any atom is -0.268 e. The molecule has 6 nitrogen and oxygen atoms in total. The number of hydrogen-bond acceptors (Lipinski definition) is 4. The molecular formula is C28H18Br2Cl2N6S2. The van der Waals surface area contributed by atoms with Crippen molar-refractivity contribution in [3.8, 4) is 34.2 Å². The Bertz CT molecular complexity index is 1720. The lowest BCUT2D eigenvalue weighted by Gasteiger charge is -2.07. The van der Waals surface area contributed by atoms with E-state index in [1.807, 2.05) is 106 Å². The molecule has 0 unspecified atom stereocenters. The molecule has 0 aliphatic carbocycles. The molecule has 0 amide bonds. The van der Waals surface area contributed by atoms with E-state index in [2.05, 4.69) is 52.3 Å². The zero-order chi connectivity index (χ0) is 28.2. The van der Waals surface area contributed by atoms with Crippen molar-refractivity contribution in [3.63, 3.8) is 0 Å². The Morgan fingerprint density at radius 2 is 0.850 bits per heavy atom. The second-order valence-corrected chi connectivity index (χ2v) is 11.8. The van der Waals surface area contributed by atoms with Crippen LogP contribution >= 0.6 is 79.5 Å². The number of hydrogen-bond donors (Lipinski definition) is 2. The van der Waals surface area contributed by atoms with Crippen molar-refractivity contribution < 1.29 is 0 Å². The summed E-state index contributed by atoms with van der Waals surface area (Å²) in [4.78, 5) is 0. The lowest BCUT2D eigenvalue weighted by atomic mass is 10.2. The van der Waals surface area contributed by atoms with Crippen molar-refractivity contribution in [2.24, 2.45) is 0 Å². The maximum atomic E-state index is 5.92. The fraction of sp³-hybridized carbons (Fsp3) is 0. The summed E-state index contributed by atoms with van der Waals surface area (Å²) in [6, 6.07) is 30.8. The zero-order valence-corrected chi connectivity index (χ0v) is 26.7.